The van der Waals surface area contributed by atoms with E-state index in [9.17, 15) is 4.79 Å². The topological polar surface area (TPSA) is 50.4 Å². The lowest BCUT2D eigenvalue weighted by Crippen LogP contribution is -2.24. The molecule has 4 nitrogen and oxygen atoms in total. The molecule has 0 saturated heterocycles. The number of benzene rings is 1. The van der Waals surface area contributed by atoms with Crippen LogP contribution in [0.2, 0.25) is 0 Å². The summed E-state index contributed by atoms with van der Waals surface area (Å²) in [7, 11) is 1.59. The van der Waals surface area contributed by atoms with Crippen molar-refractivity contribution >= 4 is 11.6 Å². The lowest BCUT2D eigenvalue weighted by atomic mass is 10.2. The normalized spacial score (nSPS) is 10.1. The number of carbonyl (C=O) groups excluding carboxylic acids is 1. The maximum atomic E-state index is 11.0. The van der Waals surface area contributed by atoms with Gasteiger partial charge in [0.2, 0.25) is 0 Å². The molecule has 0 atom stereocenters. The molecule has 0 radical (unpaired) electrons. The van der Waals surface area contributed by atoms with E-state index in [0.717, 1.165) is 12.2 Å². The largest absolute Gasteiger partial charge is 0.484 e. The van der Waals surface area contributed by atoms with Gasteiger partial charge >= 0.3 is 0 Å². The van der Waals surface area contributed by atoms with E-state index in [1.807, 2.05) is 24.3 Å². The smallest absolute Gasteiger partial charge is 0.257 e. The fourth-order valence-electron chi connectivity index (χ4n) is 1.24. The van der Waals surface area contributed by atoms with Crippen molar-refractivity contribution < 1.29 is 9.53 Å². The number of hydrogen-bond acceptors (Lipinski definition) is 3. The highest BCUT2D eigenvalue weighted by Crippen LogP contribution is 2.17. The van der Waals surface area contributed by atoms with Gasteiger partial charge in [-0.3, -0.25) is 4.79 Å². The van der Waals surface area contributed by atoms with Crippen LogP contribution >= 0.6 is 0 Å². The predicted octanol–water partition coefficient (Wildman–Crippen LogP) is 1.88. The first-order valence-corrected chi connectivity index (χ1v) is 5.79. The Kier molecular flexibility index (Phi) is 5.33. The zero-order valence-electron chi connectivity index (χ0n) is 10.6. The van der Waals surface area contributed by atoms with Gasteiger partial charge in [0.25, 0.3) is 5.91 Å². The summed E-state index contributed by atoms with van der Waals surface area (Å²) in [4.78, 5) is 11.0. The van der Waals surface area contributed by atoms with Crippen LogP contribution in [0.25, 0.3) is 0 Å². The molecule has 1 amide bonds. The Morgan fingerprint density at radius 3 is 2.82 bits per heavy atom. The summed E-state index contributed by atoms with van der Waals surface area (Å²) >= 11 is 0. The van der Waals surface area contributed by atoms with Gasteiger partial charge in [-0.2, -0.15) is 0 Å². The molecule has 0 aliphatic rings. The van der Waals surface area contributed by atoms with Crippen LogP contribution < -0.4 is 15.4 Å². The summed E-state index contributed by atoms with van der Waals surface area (Å²) in [5.74, 6) is 1.15. The minimum atomic E-state index is -0.134. The molecule has 0 aromatic heterocycles. The molecule has 0 fully saturated rings. The van der Waals surface area contributed by atoms with E-state index in [2.05, 4.69) is 24.5 Å². The highest BCUT2D eigenvalue weighted by molar-refractivity contribution is 5.77. The maximum Gasteiger partial charge on any atom is 0.257 e. The van der Waals surface area contributed by atoms with Gasteiger partial charge in [0.05, 0.1) is 0 Å². The Morgan fingerprint density at radius 1 is 1.41 bits per heavy atom. The third-order valence-corrected chi connectivity index (χ3v) is 2.20. The molecule has 1 aromatic carbocycles. The van der Waals surface area contributed by atoms with Gasteiger partial charge in [0, 0.05) is 25.3 Å². The molecule has 0 bridgehead atoms. The molecule has 0 unspecified atom stereocenters. The van der Waals surface area contributed by atoms with Crippen LogP contribution in [-0.2, 0) is 4.79 Å². The summed E-state index contributed by atoms with van der Waals surface area (Å²) in [6.45, 7) is 5.26. The number of likely N-dealkylation sites (N-methyl/N-ethyl adjacent to an activating group) is 1. The monoisotopic (exact) mass is 236 g/mol. The van der Waals surface area contributed by atoms with Gasteiger partial charge in [-0.05, 0) is 18.1 Å². The van der Waals surface area contributed by atoms with Crippen LogP contribution in [0.1, 0.15) is 13.8 Å². The third kappa shape index (κ3) is 5.24. The molecule has 1 aromatic rings. The van der Waals surface area contributed by atoms with Crippen molar-refractivity contribution in [1.82, 2.24) is 5.32 Å². The zero-order chi connectivity index (χ0) is 12.7. The third-order valence-electron chi connectivity index (χ3n) is 2.20. The van der Waals surface area contributed by atoms with Crippen molar-refractivity contribution in [3.05, 3.63) is 24.3 Å². The van der Waals surface area contributed by atoms with Crippen LogP contribution in [0.3, 0.4) is 0 Å². The second-order valence-corrected chi connectivity index (χ2v) is 4.26. The first-order chi connectivity index (χ1) is 8.11. The Morgan fingerprint density at radius 2 is 2.18 bits per heavy atom. The minimum absolute atomic E-state index is 0.0458. The molecule has 1 rings (SSSR count). The van der Waals surface area contributed by atoms with Crippen LogP contribution in [0, 0.1) is 5.92 Å². The molecular formula is C13H20N2O2. The van der Waals surface area contributed by atoms with Gasteiger partial charge in [-0.1, -0.05) is 19.9 Å². The molecule has 0 heterocycles. The van der Waals surface area contributed by atoms with Gasteiger partial charge < -0.3 is 15.4 Å². The molecule has 0 aliphatic heterocycles. The first-order valence-electron chi connectivity index (χ1n) is 5.79. The Balaban J connectivity index is 2.50. The zero-order valence-corrected chi connectivity index (χ0v) is 10.6. The summed E-state index contributed by atoms with van der Waals surface area (Å²) in [5, 5.41) is 5.82. The summed E-state index contributed by atoms with van der Waals surface area (Å²) in [6, 6.07) is 7.62. The lowest BCUT2D eigenvalue weighted by molar-refractivity contribution is -0.122. The average molecular weight is 236 g/mol. The van der Waals surface area contributed by atoms with E-state index < -0.39 is 0 Å². The van der Waals surface area contributed by atoms with Crippen LogP contribution in [0.4, 0.5) is 5.69 Å². The number of anilines is 1. The number of hydrogen-bond donors (Lipinski definition) is 2. The van der Waals surface area contributed by atoms with E-state index in [-0.39, 0.29) is 12.5 Å². The second kappa shape index (κ2) is 6.78. The van der Waals surface area contributed by atoms with E-state index in [4.69, 9.17) is 4.74 Å². The van der Waals surface area contributed by atoms with E-state index in [1.165, 1.54) is 0 Å². The van der Waals surface area contributed by atoms with E-state index >= 15 is 0 Å². The van der Waals surface area contributed by atoms with Crippen LogP contribution in [-0.4, -0.2) is 26.1 Å². The van der Waals surface area contributed by atoms with Crippen LogP contribution in [0.15, 0.2) is 24.3 Å². The van der Waals surface area contributed by atoms with Gasteiger partial charge in [0.15, 0.2) is 6.61 Å². The van der Waals surface area contributed by atoms with Crippen molar-refractivity contribution in [1.29, 1.82) is 0 Å². The van der Waals surface area contributed by atoms with Crippen molar-refractivity contribution in [3.8, 4) is 5.75 Å². The van der Waals surface area contributed by atoms with Gasteiger partial charge in [-0.15, -0.1) is 0 Å². The maximum absolute atomic E-state index is 11.0. The molecule has 2 N–H and O–H groups in total. The van der Waals surface area contributed by atoms with Crippen molar-refractivity contribution in [3.63, 3.8) is 0 Å². The SMILES string of the molecule is CNC(=O)COc1cccc(NCC(C)C)c1. The van der Waals surface area contributed by atoms with Gasteiger partial charge in [-0.25, -0.2) is 0 Å². The lowest BCUT2D eigenvalue weighted by Gasteiger charge is -2.11. The molecule has 0 aliphatic carbocycles. The number of rotatable bonds is 6. The molecule has 94 valence electrons. The fourth-order valence-corrected chi connectivity index (χ4v) is 1.24. The minimum Gasteiger partial charge on any atom is -0.484 e. The number of amides is 1. The predicted molar refractivity (Wildman–Crippen MR) is 69.3 cm³/mol. The Labute approximate surface area is 102 Å². The van der Waals surface area contributed by atoms with Crippen LogP contribution in [0.5, 0.6) is 5.75 Å². The molecular weight excluding hydrogens is 216 g/mol. The number of nitrogens with one attached hydrogen (secondary N) is 2. The first kappa shape index (κ1) is 13.4. The van der Waals surface area contributed by atoms with Gasteiger partial charge in [0.1, 0.15) is 5.75 Å². The molecule has 17 heavy (non-hydrogen) atoms. The summed E-state index contributed by atoms with van der Waals surface area (Å²) in [6.07, 6.45) is 0. The van der Waals surface area contributed by atoms with E-state index in [1.54, 1.807) is 7.05 Å². The molecule has 4 heteroatoms. The van der Waals surface area contributed by atoms with Crippen molar-refractivity contribution in [2.45, 2.75) is 13.8 Å². The van der Waals surface area contributed by atoms with E-state index in [0.29, 0.717) is 11.7 Å². The highest BCUT2D eigenvalue weighted by Gasteiger charge is 2.01. The molecule has 0 spiro atoms. The van der Waals surface area contributed by atoms with Crippen molar-refractivity contribution in [2.75, 3.05) is 25.5 Å². The fraction of sp³-hybridized carbons (Fsp3) is 0.462. The van der Waals surface area contributed by atoms with Crippen molar-refractivity contribution in [2.24, 2.45) is 5.92 Å². The number of ether oxygens (including phenoxy) is 1. The Hall–Kier alpha value is -1.71. The molecule has 0 saturated carbocycles. The second-order valence-electron chi connectivity index (χ2n) is 4.26. The number of carbonyl (C=O) groups is 1. The standard InChI is InChI=1S/C13H20N2O2/c1-10(2)8-15-11-5-4-6-12(7-11)17-9-13(16)14-3/h4-7,10,15H,8-9H2,1-3H3,(H,14,16). The summed E-state index contributed by atoms with van der Waals surface area (Å²) in [5.41, 5.74) is 1.01. The summed E-state index contributed by atoms with van der Waals surface area (Å²) < 4.78 is 5.35. The average Bonchev–Trinajstić information content (AvgIpc) is 2.34. The quantitative estimate of drug-likeness (QED) is 0.793. The Bertz CT molecular complexity index is 364. The highest BCUT2D eigenvalue weighted by atomic mass is 16.5.